The fourth-order valence-electron chi connectivity index (χ4n) is 1.48. The predicted octanol–water partition coefficient (Wildman–Crippen LogP) is 1.03. The number of hydrogen-bond donors (Lipinski definition) is 1. The zero-order valence-electron chi connectivity index (χ0n) is 10.3. The monoisotopic (exact) mass is 281 g/mol. The molecular formula is C10H14F3N3O3. The molecule has 1 aliphatic rings. The van der Waals surface area contributed by atoms with Crippen molar-refractivity contribution in [2.24, 2.45) is 0 Å². The van der Waals surface area contributed by atoms with Crippen LogP contribution in [0.4, 0.5) is 13.2 Å². The third-order valence-electron chi connectivity index (χ3n) is 2.55. The Balaban J connectivity index is 1.72. The van der Waals surface area contributed by atoms with Gasteiger partial charge in [-0.15, -0.1) is 0 Å². The van der Waals surface area contributed by atoms with Crippen molar-refractivity contribution >= 4 is 0 Å². The minimum absolute atomic E-state index is 0.0692. The quantitative estimate of drug-likeness (QED) is 0.839. The summed E-state index contributed by atoms with van der Waals surface area (Å²) in [6.07, 6.45) is -4.36. The van der Waals surface area contributed by atoms with Crippen molar-refractivity contribution in [2.45, 2.75) is 31.9 Å². The summed E-state index contributed by atoms with van der Waals surface area (Å²) < 4.78 is 50.3. The van der Waals surface area contributed by atoms with Crippen molar-refractivity contribution in [1.29, 1.82) is 0 Å². The molecule has 2 rings (SSSR count). The van der Waals surface area contributed by atoms with E-state index in [2.05, 4.69) is 20.2 Å². The minimum atomic E-state index is -4.36. The molecule has 0 saturated carbocycles. The number of nitrogens with one attached hydrogen (secondary N) is 1. The highest BCUT2D eigenvalue weighted by Gasteiger charge is 2.33. The molecule has 2 heterocycles. The lowest BCUT2D eigenvalue weighted by Gasteiger charge is -2.38. The van der Waals surface area contributed by atoms with Gasteiger partial charge in [0.15, 0.2) is 5.82 Å². The highest BCUT2D eigenvalue weighted by Crippen LogP contribution is 2.18. The van der Waals surface area contributed by atoms with Crippen molar-refractivity contribution in [2.75, 3.05) is 19.7 Å². The van der Waals surface area contributed by atoms with Crippen molar-refractivity contribution in [3.8, 4) is 0 Å². The van der Waals surface area contributed by atoms with Crippen LogP contribution in [0, 0.1) is 0 Å². The molecule has 0 unspecified atom stereocenters. The third kappa shape index (κ3) is 4.44. The Morgan fingerprint density at radius 3 is 2.68 bits per heavy atom. The van der Waals surface area contributed by atoms with E-state index < -0.39 is 12.8 Å². The Labute approximate surface area is 107 Å². The van der Waals surface area contributed by atoms with Crippen molar-refractivity contribution in [3.05, 3.63) is 11.7 Å². The fraction of sp³-hybridized carbons (Fsp3) is 0.800. The molecule has 0 bridgehead atoms. The van der Waals surface area contributed by atoms with Gasteiger partial charge in [-0.05, 0) is 6.92 Å². The van der Waals surface area contributed by atoms with Crippen LogP contribution in [0.2, 0.25) is 0 Å². The minimum Gasteiger partial charge on any atom is -0.364 e. The number of alkyl halides is 3. The topological polar surface area (TPSA) is 69.4 Å². The molecule has 1 aliphatic heterocycles. The summed E-state index contributed by atoms with van der Waals surface area (Å²) in [7, 11) is 0. The van der Waals surface area contributed by atoms with Crippen LogP contribution in [-0.4, -0.2) is 41.6 Å². The number of aromatic nitrogens is 2. The first-order chi connectivity index (χ1) is 8.86. The maximum absolute atomic E-state index is 11.8. The van der Waals surface area contributed by atoms with E-state index in [1.54, 1.807) is 0 Å². The van der Waals surface area contributed by atoms with Crippen molar-refractivity contribution in [3.63, 3.8) is 0 Å². The number of halogens is 3. The van der Waals surface area contributed by atoms with Crippen LogP contribution in [0.15, 0.2) is 4.52 Å². The largest absolute Gasteiger partial charge is 0.411 e. The van der Waals surface area contributed by atoms with Crippen LogP contribution in [-0.2, 0) is 22.7 Å². The summed E-state index contributed by atoms with van der Waals surface area (Å²) in [5.41, 5.74) is -0.249. The highest BCUT2D eigenvalue weighted by molar-refractivity contribution is 4.91. The van der Waals surface area contributed by atoms with E-state index in [4.69, 9.17) is 9.26 Å². The van der Waals surface area contributed by atoms with Crippen LogP contribution in [0.25, 0.3) is 0 Å². The maximum Gasteiger partial charge on any atom is 0.411 e. The van der Waals surface area contributed by atoms with E-state index in [0.717, 1.165) is 13.1 Å². The standard InChI is InChI=1S/C10H14F3N3O3/c1-9(4-14-5-9)18-3-8-15-7(16-19-8)2-17-6-10(11,12)13/h14H,2-6H2,1H3. The molecule has 108 valence electrons. The highest BCUT2D eigenvalue weighted by atomic mass is 19.4. The zero-order chi connectivity index (χ0) is 13.9. The first-order valence-electron chi connectivity index (χ1n) is 5.67. The first-order valence-corrected chi connectivity index (χ1v) is 5.67. The molecule has 0 radical (unpaired) electrons. The Morgan fingerprint density at radius 2 is 2.11 bits per heavy atom. The lowest BCUT2D eigenvalue weighted by Crippen LogP contribution is -2.58. The van der Waals surface area contributed by atoms with Crippen molar-refractivity contribution < 1.29 is 27.2 Å². The van der Waals surface area contributed by atoms with Crippen LogP contribution < -0.4 is 5.32 Å². The predicted molar refractivity (Wildman–Crippen MR) is 56.1 cm³/mol. The van der Waals surface area contributed by atoms with Crippen LogP contribution in [0.5, 0.6) is 0 Å². The summed E-state index contributed by atoms with van der Waals surface area (Å²) in [4.78, 5) is 3.88. The van der Waals surface area contributed by atoms with E-state index in [9.17, 15) is 13.2 Å². The summed E-state index contributed by atoms with van der Waals surface area (Å²) in [5.74, 6) is 0.290. The second-order valence-electron chi connectivity index (χ2n) is 4.55. The number of hydrogen-bond acceptors (Lipinski definition) is 6. The van der Waals surface area contributed by atoms with E-state index in [-0.39, 0.29) is 30.5 Å². The Morgan fingerprint density at radius 1 is 1.37 bits per heavy atom. The Hall–Kier alpha value is -1.19. The molecule has 6 nitrogen and oxygen atoms in total. The van der Waals surface area contributed by atoms with Gasteiger partial charge in [0, 0.05) is 13.1 Å². The van der Waals surface area contributed by atoms with E-state index >= 15 is 0 Å². The lowest BCUT2D eigenvalue weighted by atomic mass is 10.0. The molecule has 1 saturated heterocycles. The van der Waals surface area contributed by atoms with E-state index in [1.165, 1.54) is 0 Å². The molecule has 0 atom stereocenters. The third-order valence-corrected chi connectivity index (χ3v) is 2.55. The van der Waals surface area contributed by atoms with Gasteiger partial charge in [0.05, 0.1) is 5.60 Å². The van der Waals surface area contributed by atoms with Gasteiger partial charge in [0.25, 0.3) is 5.89 Å². The summed E-state index contributed by atoms with van der Waals surface area (Å²) in [6, 6.07) is 0. The molecular weight excluding hydrogens is 267 g/mol. The van der Waals surface area contributed by atoms with Gasteiger partial charge in [-0.2, -0.15) is 18.2 Å². The van der Waals surface area contributed by atoms with Gasteiger partial charge in [-0.25, -0.2) is 0 Å². The van der Waals surface area contributed by atoms with E-state index in [1.807, 2.05) is 6.92 Å². The average Bonchev–Trinajstić information content (AvgIpc) is 2.70. The smallest absolute Gasteiger partial charge is 0.364 e. The second kappa shape index (κ2) is 5.43. The van der Waals surface area contributed by atoms with Crippen LogP contribution >= 0.6 is 0 Å². The van der Waals surface area contributed by atoms with Crippen LogP contribution in [0.1, 0.15) is 18.6 Å². The summed E-state index contributed by atoms with van der Waals surface area (Å²) in [5, 5.41) is 6.57. The number of ether oxygens (including phenoxy) is 2. The fourth-order valence-corrected chi connectivity index (χ4v) is 1.48. The van der Waals surface area contributed by atoms with Crippen LogP contribution in [0.3, 0.4) is 0 Å². The van der Waals surface area contributed by atoms with Gasteiger partial charge in [0.2, 0.25) is 0 Å². The first kappa shape index (κ1) is 14.2. The molecule has 9 heteroatoms. The number of nitrogens with zero attached hydrogens (tertiary/aromatic N) is 2. The molecule has 19 heavy (non-hydrogen) atoms. The molecule has 0 spiro atoms. The molecule has 1 aromatic rings. The molecule has 1 aromatic heterocycles. The normalized spacial score (nSPS) is 18.3. The van der Waals surface area contributed by atoms with Gasteiger partial charge in [-0.3, -0.25) is 0 Å². The Kier molecular flexibility index (Phi) is 4.07. The Bertz CT molecular complexity index is 418. The van der Waals surface area contributed by atoms with Gasteiger partial charge in [-0.1, -0.05) is 5.16 Å². The number of rotatable bonds is 6. The van der Waals surface area contributed by atoms with Gasteiger partial charge >= 0.3 is 6.18 Å². The molecule has 1 N–H and O–H groups in total. The SMILES string of the molecule is CC1(OCc2nc(COCC(F)(F)F)no2)CNC1. The van der Waals surface area contributed by atoms with Gasteiger partial charge in [0.1, 0.15) is 19.8 Å². The zero-order valence-corrected chi connectivity index (χ0v) is 10.3. The summed E-state index contributed by atoms with van der Waals surface area (Å²) >= 11 is 0. The molecule has 0 aromatic carbocycles. The second-order valence-corrected chi connectivity index (χ2v) is 4.55. The molecule has 0 aliphatic carbocycles. The molecule has 0 amide bonds. The summed E-state index contributed by atoms with van der Waals surface area (Å²) in [6.45, 7) is 1.86. The van der Waals surface area contributed by atoms with E-state index in [0.29, 0.717) is 0 Å². The lowest BCUT2D eigenvalue weighted by molar-refractivity contribution is -0.177. The van der Waals surface area contributed by atoms with Gasteiger partial charge < -0.3 is 19.3 Å². The average molecular weight is 281 g/mol. The maximum atomic E-state index is 11.8. The van der Waals surface area contributed by atoms with Crippen molar-refractivity contribution in [1.82, 2.24) is 15.5 Å². The molecule has 1 fully saturated rings.